The highest BCUT2D eigenvalue weighted by Gasteiger charge is 2.12. The molecule has 3 rings (SSSR count). The first-order valence-corrected chi connectivity index (χ1v) is 7.04. The second-order valence-electron chi connectivity index (χ2n) is 4.63. The van der Waals surface area contributed by atoms with Crippen molar-refractivity contribution in [3.63, 3.8) is 0 Å². The summed E-state index contributed by atoms with van der Waals surface area (Å²) in [6.07, 6.45) is 0. The van der Waals surface area contributed by atoms with E-state index in [2.05, 4.69) is 10.2 Å². The Labute approximate surface area is 136 Å². The summed E-state index contributed by atoms with van der Waals surface area (Å²) in [4.78, 5) is 11.8. The zero-order valence-corrected chi connectivity index (χ0v) is 12.5. The minimum Gasteiger partial charge on any atom is -0.508 e. The lowest BCUT2D eigenvalue weighted by molar-refractivity contribution is 0.0438. The number of benzene rings is 2. The van der Waals surface area contributed by atoms with Gasteiger partial charge in [-0.05, 0) is 42.5 Å². The van der Waals surface area contributed by atoms with Crippen LogP contribution in [0.25, 0.3) is 11.5 Å². The minimum atomic E-state index is -0.591. The molecule has 116 valence electrons. The lowest BCUT2D eigenvalue weighted by atomic mass is 10.2. The summed E-state index contributed by atoms with van der Waals surface area (Å²) < 4.78 is 10.5. The monoisotopic (exact) mass is 330 g/mol. The maximum Gasteiger partial charge on any atom is 0.338 e. The predicted molar refractivity (Wildman–Crippen MR) is 82.0 cm³/mol. The van der Waals surface area contributed by atoms with Crippen LogP contribution in [0.3, 0.4) is 0 Å². The first kappa shape index (κ1) is 15.1. The molecule has 0 atom stereocenters. The number of esters is 1. The van der Waals surface area contributed by atoms with Gasteiger partial charge in [0.1, 0.15) is 5.75 Å². The zero-order valence-electron chi connectivity index (χ0n) is 11.8. The van der Waals surface area contributed by atoms with Crippen molar-refractivity contribution in [2.45, 2.75) is 6.61 Å². The molecule has 0 bridgehead atoms. The van der Waals surface area contributed by atoms with Gasteiger partial charge in [-0.25, -0.2) is 4.79 Å². The molecule has 0 unspecified atom stereocenters. The van der Waals surface area contributed by atoms with Crippen LogP contribution in [0.2, 0.25) is 5.02 Å². The highest BCUT2D eigenvalue weighted by Crippen LogP contribution is 2.20. The van der Waals surface area contributed by atoms with Crippen molar-refractivity contribution in [1.29, 1.82) is 0 Å². The summed E-state index contributed by atoms with van der Waals surface area (Å²) in [6, 6.07) is 12.8. The molecule has 3 aromatic rings. The fourth-order valence-electron chi connectivity index (χ4n) is 1.86. The molecule has 0 aliphatic heterocycles. The zero-order chi connectivity index (χ0) is 16.2. The van der Waals surface area contributed by atoms with Crippen molar-refractivity contribution in [1.82, 2.24) is 10.2 Å². The van der Waals surface area contributed by atoms with Crippen molar-refractivity contribution in [2.75, 3.05) is 0 Å². The molecule has 0 saturated heterocycles. The molecule has 7 heteroatoms. The Morgan fingerprint density at radius 2 is 1.96 bits per heavy atom. The van der Waals surface area contributed by atoms with E-state index < -0.39 is 5.97 Å². The lowest BCUT2D eigenvalue weighted by Crippen LogP contribution is -2.05. The molecule has 2 aromatic carbocycles. The Morgan fingerprint density at radius 1 is 1.17 bits per heavy atom. The second kappa shape index (κ2) is 6.50. The molecule has 0 spiro atoms. The van der Waals surface area contributed by atoms with Crippen molar-refractivity contribution in [2.24, 2.45) is 0 Å². The highest BCUT2D eigenvalue weighted by molar-refractivity contribution is 6.30. The van der Waals surface area contributed by atoms with E-state index in [1.165, 1.54) is 18.2 Å². The number of carbonyl (C=O) groups is 1. The van der Waals surface area contributed by atoms with Crippen molar-refractivity contribution in [3.8, 4) is 17.2 Å². The normalized spacial score (nSPS) is 10.5. The predicted octanol–water partition coefficient (Wildman–Crippen LogP) is 3.45. The molecule has 0 aliphatic rings. The van der Waals surface area contributed by atoms with Crippen molar-refractivity contribution in [3.05, 3.63) is 65.0 Å². The third-order valence-corrected chi connectivity index (χ3v) is 3.22. The van der Waals surface area contributed by atoms with Gasteiger partial charge < -0.3 is 14.3 Å². The molecule has 0 amide bonds. The first-order valence-electron chi connectivity index (χ1n) is 6.66. The van der Waals surface area contributed by atoms with E-state index in [4.69, 9.17) is 20.8 Å². The summed E-state index contributed by atoms with van der Waals surface area (Å²) in [5.41, 5.74) is 0.954. The molecule has 0 fully saturated rings. The van der Waals surface area contributed by atoms with E-state index in [-0.39, 0.29) is 23.8 Å². The van der Waals surface area contributed by atoms with Crippen LogP contribution in [0, 0.1) is 0 Å². The number of aromatic nitrogens is 2. The Balaban J connectivity index is 1.65. The molecular weight excluding hydrogens is 320 g/mol. The SMILES string of the molecule is O=C(OCc1nnc(-c2ccc(Cl)cc2)o1)c1cccc(O)c1. The molecule has 23 heavy (non-hydrogen) atoms. The fourth-order valence-corrected chi connectivity index (χ4v) is 1.99. The molecule has 0 saturated carbocycles. The minimum absolute atomic E-state index is 0.0118. The third-order valence-electron chi connectivity index (χ3n) is 2.97. The van der Waals surface area contributed by atoms with Crippen LogP contribution in [-0.2, 0) is 11.3 Å². The van der Waals surface area contributed by atoms with Crippen molar-refractivity contribution >= 4 is 17.6 Å². The first-order chi connectivity index (χ1) is 11.1. The number of nitrogens with zero attached hydrogens (tertiary/aromatic N) is 2. The van der Waals surface area contributed by atoms with Gasteiger partial charge in [0.25, 0.3) is 5.89 Å². The number of carbonyl (C=O) groups excluding carboxylic acids is 1. The smallest absolute Gasteiger partial charge is 0.338 e. The quantitative estimate of drug-likeness (QED) is 0.737. The van der Waals surface area contributed by atoms with E-state index in [0.29, 0.717) is 16.5 Å². The number of aromatic hydroxyl groups is 1. The third kappa shape index (κ3) is 3.67. The average Bonchev–Trinajstić information content (AvgIpc) is 3.02. The topological polar surface area (TPSA) is 85.5 Å². The van der Waals surface area contributed by atoms with Crippen LogP contribution >= 0.6 is 11.6 Å². The van der Waals surface area contributed by atoms with E-state index in [1.54, 1.807) is 30.3 Å². The maximum absolute atomic E-state index is 11.8. The number of phenols is 1. The van der Waals surface area contributed by atoms with Gasteiger partial charge >= 0.3 is 5.97 Å². The summed E-state index contributed by atoms with van der Waals surface area (Å²) in [5, 5.41) is 17.7. The summed E-state index contributed by atoms with van der Waals surface area (Å²) in [7, 11) is 0. The number of halogens is 1. The second-order valence-corrected chi connectivity index (χ2v) is 5.07. The Kier molecular flexibility index (Phi) is 4.25. The van der Waals surface area contributed by atoms with Crippen LogP contribution < -0.4 is 0 Å². The van der Waals surface area contributed by atoms with E-state index in [1.807, 2.05) is 0 Å². The Morgan fingerprint density at radius 3 is 2.70 bits per heavy atom. The molecular formula is C16H11ClN2O4. The van der Waals surface area contributed by atoms with Crippen LogP contribution in [0.4, 0.5) is 0 Å². The van der Waals surface area contributed by atoms with Crippen LogP contribution in [0.5, 0.6) is 5.75 Å². The Bertz CT molecular complexity index is 830. The number of phenolic OH excluding ortho intramolecular Hbond substituents is 1. The lowest BCUT2D eigenvalue weighted by Gasteiger charge is -2.02. The van der Waals surface area contributed by atoms with Gasteiger partial charge in [0, 0.05) is 10.6 Å². The number of hydrogen-bond acceptors (Lipinski definition) is 6. The van der Waals surface area contributed by atoms with Gasteiger partial charge in [-0.15, -0.1) is 10.2 Å². The summed E-state index contributed by atoms with van der Waals surface area (Å²) in [5.74, 6) is -0.122. The number of hydrogen-bond donors (Lipinski definition) is 1. The van der Waals surface area contributed by atoms with E-state index in [0.717, 1.165) is 0 Å². The number of rotatable bonds is 4. The van der Waals surface area contributed by atoms with Gasteiger partial charge in [0.2, 0.25) is 5.89 Å². The number of ether oxygens (including phenoxy) is 1. The molecule has 0 aliphatic carbocycles. The van der Waals surface area contributed by atoms with Crippen LogP contribution in [0.1, 0.15) is 16.2 Å². The molecule has 1 aromatic heterocycles. The van der Waals surface area contributed by atoms with Crippen molar-refractivity contribution < 1.29 is 19.1 Å². The Hall–Kier alpha value is -2.86. The van der Waals surface area contributed by atoms with Gasteiger partial charge in [-0.3, -0.25) is 0 Å². The summed E-state index contributed by atoms with van der Waals surface area (Å²) >= 11 is 5.82. The molecule has 1 N–H and O–H groups in total. The fraction of sp³-hybridized carbons (Fsp3) is 0.0625. The molecule has 0 radical (unpaired) electrons. The van der Waals surface area contributed by atoms with Crippen LogP contribution in [-0.4, -0.2) is 21.3 Å². The standard InChI is InChI=1S/C16H11ClN2O4/c17-12-6-4-10(5-7-12)15-19-18-14(23-15)9-22-16(21)11-2-1-3-13(20)8-11/h1-8,20H,9H2. The van der Waals surface area contributed by atoms with E-state index in [9.17, 15) is 9.90 Å². The largest absolute Gasteiger partial charge is 0.508 e. The van der Waals surface area contributed by atoms with Crippen LogP contribution in [0.15, 0.2) is 52.9 Å². The van der Waals surface area contributed by atoms with E-state index >= 15 is 0 Å². The maximum atomic E-state index is 11.8. The average molecular weight is 331 g/mol. The highest BCUT2D eigenvalue weighted by atomic mass is 35.5. The van der Waals surface area contributed by atoms with Gasteiger partial charge in [0.15, 0.2) is 6.61 Å². The summed E-state index contributed by atoms with van der Waals surface area (Å²) in [6.45, 7) is -0.158. The molecule has 1 heterocycles. The van der Waals surface area contributed by atoms with Gasteiger partial charge in [-0.2, -0.15) is 0 Å². The molecule has 6 nitrogen and oxygen atoms in total. The van der Waals surface area contributed by atoms with Gasteiger partial charge in [-0.1, -0.05) is 17.7 Å². The van der Waals surface area contributed by atoms with Gasteiger partial charge in [0.05, 0.1) is 5.56 Å².